The lowest BCUT2D eigenvalue weighted by Crippen LogP contribution is -2.50. The Morgan fingerprint density at radius 1 is 1.50 bits per heavy atom. The van der Waals surface area contributed by atoms with E-state index in [2.05, 4.69) is 20.8 Å². The Bertz CT molecular complexity index is 545. The van der Waals surface area contributed by atoms with Gasteiger partial charge in [-0.1, -0.05) is 6.07 Å². The normalized spacial score (nSPS) is 23.1. The van der Waals surface area contributed by atoms with E-state index in [1.54, 1.807) is 0 Å². The lowest BCUT2D eigenvalue weighted by Gasteiger charge is -2.34. The van der Waals surface area contributed by atoms with E-state index in [1.807, 2.05) is 25.1 Å². The second-order valence-corrected chi connectivity index (χ2v) is 7.88. The molecular weight excluding hydrogens is 316 g/mol. The van der Waals surface area contributed by atoms with Crippen molar-refractivity contribution >= 4 is 31.5 Å². The smallest absolute Gasteiger partial charge is 0.157 e. The quantitative estimate of drug-likeness (QED) is 0.887. The van der Waals surface area contributed by atoms with Gasteiger partial charge in [0, 0.05) is 24.1 Å². The third kappa shape index (κ3) is 2.70. The van der Waals surface area contributed by atoms with Crippen molar-refractivity contribution in [3.63, 3.8) is 0 Å². The average molecular weight is 333 g/mol. The highest BCUT2D eigenvalue weighted by Crippen LogP contribution is 2.29. The van der Waals surface area contributed by atoms with E-state index in [0.717, 1.165) is 10.2 Å². The molecule has 1 heterocycles. The maximum Gasteiger partial charge on any atom is 0.157 e. The third-order valence-corrected chi connectivity index (χ3v) is 6.03. The lowest BCUT2D eigenvalue weighted by molar-refractivity contribution is 0.563. The summed E-state index contributed by atoms with van der Waals surface area (Å²) in [5.74, 6) is 0.176. The van der Waals surface area contributed by atoms with Crippen LogP contribution in [-0.2, 0) is 9.84 Å². The Labute approximate surface area is 116 Å². The molecule has 0 saturated carbocycles. The highest BCUT2D eigenvalue weighted by molar-refractivity contribution is 9.10. The summed E-state index contributed by atoms with van der Waals surface area (Å²) in [5.41, 5.74) is 7.77. The number of hydrogen-bond donors (Lipinski definition) is 1. The van der Waals surface area contributed by atoms with Crippen molar-refractivity contribution in [2.45, 2.75) is 12.2 Å². The first-order chi connectivity index (χ1) is 8.44. The Morgan fingerprint density at radius 3 is 2.83 bits per heavy atom. The molecule has 0 radical (unpaired) electrons. The zero-order valence-corrected chi connectivity index (χ0v) is 12.7. The van der Waals surface area contributed by atoms with E-state index < -0.39 is 15.1 Å². The van der Waals surface area contributed by atoms with Crippen molar-refractivity contribution in [1.29, 1.82) is 0 Å². The maximum absolute atomic E-state index is 11.8. The maximum atomic E-state index is 11.8. The molecule has 1 unspecified atom stereocenters. The molecule has 1 fully saturated rings. The lowest BCUT2D eigenvalue weighted by atomic mass is 10.2. The molecule has 1 aliphatic rings. The second-order valence-electron chi connectivity index (χ2n) is 4.63. The largest absolute Gasteiger partial charge is 0.368 e. The number of nitrogens with two attached hydrogens (primary N) is 1. The molecule has 0 spiro atoms. The monoisotopic (exact) mass is 332 g/mol. The van der Waals surface area contributed by atoms with Crippen molar-refractivity contribution in [3.8, 4) is 0 Å². The van der Waals surface area contributed by atoms with Crippen LogP contribution in [0.1, 0.15) is 5.56 Å². The minimum absolute atomic E-state index is 0.176. The summed E-state index contributed by atoms with van der Waals surface area (Å²) in [6, 6.07) is 6.08. The van der Waals surface area contributed by atoms with Gasteiger partial charge < -0.3 is 10.6 Å². The van der Waals surface area contributed by atoms with E-state index in [1.165, 1.54) is 5.56 Å². The van der Waals surface area contributed by atoms with Gasteiger partial charge in [-0.25, -0.2) is 8.42 Å². The molecule has 1 atom stereocenters. The van der Waals surface area contributed by atoms with Gasteiger partial charge in [-0.15, -0.1) is 0 Å². The standard InChI is InChI=1S/C12H17BrN2O2S/c1-9-2-3-12(11(13)6-9)15-4-5-18(16,17)10(7-14)8-15/h2-3,6,10H,4-5,7-8,14H2,1H3. The summed E-state index contributed by atoms with van der Waals surface area (Å²) in [4.78, 5) is 2.09. The van der Waals surface area contributed by atoms with Gasteiger partial charge in [-0.05, 0) is 40.5 Å². The fourth-order valence-corrected chi connectivity index (χ4v) is 4.42. The van der Waals surface area contributed by atoms with Crippen LogP contribution in [-0.4, -0.2) is 39.1 Å². The molecule has 18 heavy (non-hydrogen) atoms. The number of aryl methyl sites for hydroxylation is 1. The van der Waals surface area contributed by atoms with Crippen LogP contribution < -0.4 is 10.6 Å². The molecule has 2 N–H and O–H groups in total. The van der Waals surface area contributed by atoms with E-state index in [0.29, 0.717) is 13.1 Å². The van der Waals surface area contributed by atoms with Crippen LogP contribution >= 0.6 is 15.9 Å². The fraction of sp³-hybridized carbons (Fsp3) is 0.500. The summed E-state index contributed by atoms with van der Waals surface area (Å²) < 4.78 is 24.6. The first-order valence-electron chi connectivity index (χ1n) is 5.87. The summed E-state index contributed by atoms with van der Waals surface area (Å²) in [6.45, 7) is 3.21. The van der Waals surface area contributed by atoms with Gasteiger partial charge in [0.1, 0.15) is 0 Å². The molecule has 1 aromatic rings. The third-order valence-electron chi connectivity index (χ3n) is 3.28. The van der Waals surface area contributed by atoms with Crippen LogP contribution in [0.5, 0.6) is 0 Å². The molecular formula is C12H17BrN2O2S. The Balaban J connectivity index is 2.26. The van der Waals surface area contributed by atoms with Crippen molar-refractivity contribution in [2.75, 3.05) is 30.3 Å². The molecule has 2 rings (SSSR count). The molecule has 0 aromatic heterocycles. The Kier molecular flexibility index (Phi) is 3.99. The van der Waals surface area contributed by atoms with Gasteiger partial charge in [0.15, 0.2) is 9.84 Å². The number of hydrogen-bond acceptors (Lipinski definition) is 4. The average Bonchev–Trinajstić information content (AvgIpc) is 2.30. The molecule has 4 nitrogen and oxygen atoms in total. The molecule has 0 aliphatic carbocycles. The zero-order chi connectivity index (χ0) is 13.3. The fourth-order valence-electron chi connectivity index (χ4n) is 2.16. The predicted molar refractivity (Wildman–Crippen MR) is 77.7 cm³/mol. The molecule has 0 bridgehead atoms. The number of sulfone groups is 1. The summed E-state index contributed by atoms with van der Waals surface area (Å²) in [5, 5.41) is -0.459. The van der Waals surface area contributed by atoms with Crippen LogP contribution in [0.3, 0.4) is 0 Å². The minimum atomic E-state index is -3.02. The molecule has 1 aromatic carbocycles. The highest BCUT2D eigenvalue weighted by atomic mass is 79.9. The Morgan fingerprint density at radius 2 is 2.22 bits per heavy atom. The molecule has 1 aliphatic heterocycles. The Hall–Kier alpha value is -0.590. The highest BCUT2D eigenvalue weighted by Gasteiger charge is 2.32. The number of rotatable bonds is 2. The van der Waals surface area contributed by atoms with Crippen molar-refractivity contribution < 1.29 is 8.42 Å². The van der Waals surface area contributed by atoms with Crippen LogP contribution in [0.15, 0.2) is 22.7 Å². The van der Waals surface area contributed by atoms with Crippen LogP contribution in [0.25, 0.3) is 0 Å². The van der Waals surface area contributed by atoms with Crippen molar-refractivity contribution in [3.05, 3.63) is 28.2 Å². The number of anilines is 1. The first kappa shape index (κ1) is 13.8. The molecule has 100 valence electrons. The van der Waals surface area contributed by atoms with Crippen LogP contribution in [0.2, 0.25) is 0 Å². The number of nitrogens with zero attached hydrogens (tertiary/aromatic N) is 1. The molecule has 1 saturated heterocycles. The van der Waals surface area contributed by atoms with Gasteiger partial charge in [0.05, 0.1) is 16.7 Å². The number of halogens is 1. The predicted octanol–water partition coefficient (Wildman–Crippen LogP) is 1.32. The summed E-state index contributed by atoms with van der Waals surface area (Å²) in [6.07, 6.45) is 0. The van der Waals surface area contributed by atoms with Gasteiger partial charge in [-0.2, -0.15) is 0 Å². The summed E-state index contributed by atoms with van der Waals surface area (Å²) in [7, 11) is -3.02. The van der Waals surface area contributed by atoms with E-state index in [9.17, 15) is 8.42 Å². The summed E-state index contributed by atoms with van der Waals surface area (Å²) >= 11 is 3.53. The van der Waals surface area contributed by atoms with Crippen LogP contribution in [0, 0.1) is 6.92 Å². The van der Waals surface area contributed by atoms with Gasteiger partial charge in [-0.3, -0.25) is 0 Å². The van der Waals surface area contributed by atoms with E-state index in [-0.39, 0.29) is 12.3 Å². The van der Waals surface area contributed by atoms with Crippen molar-refractivity contribution in [1.82, 2.24) is 0 Å². The zero-order valence-electron chi connectivity index (χ0n) is 10.3. The van der Waals surface area contributed by atoms with Gasteiger partial charge in [0.25, 0.3) is 0 Å². The SMILES string of the molecule is Cc1ccc(N2CCS(=O)(=O)C(CN)C2)c(Br)c1. The molecule has 6 heteroatoms. The first-order valence-corrected chi connectivity index (χ1v) is 8.37. The topological polar surface area (TPSA) is 63.4 Å². The van der Waals surface area contributed by atoms with Crippen molar-refractivity contribution in [2.24, 2.45) is 5.73 Å². The van der Waals surface area contributed by atoms with E-state index >= 15 is 0 Å². The minimum Gasteiger partial charge on any atom is -0.368 e. The van der Waals surface area contributed by atoms with E-state index in [4.69, 9.17) is 5.73 Å². The van der Waals surface area contributed by atoms with Gasteiger partial charge >= 0.3 is 0 Å². The van der Waals surface area contributed by atoms with Gasteiger partial charge in [0.2, 0.25) is 0 Å². The van der Waals surface area contributed by atoms with Crippen LogP contribution in [0.4, 0.5) is 5.69 Å². The number of benzene rings is 1. The second kappa shape index (κ2) is 5.19. The molecule has 0 amide bonds.